The molecule has 0 saturated carbocycles. The van der Waals surface area contributed by atoms with E-state index in [0.717, 1.165) is 10.8 Å². The topological polar surface area (TPSA) is 84.1 Å². The van der Waals surface area contributed by atoms with Crippen molar-refractivity contribution >= 4 is 33.3 Å². The number of H-pyrrole nitrogens is 1. The van der Waals surface area contributed by atoms with Gasteiger partial charge in [-0.15, -0.1) is 0 Å². The number of aromatic amines is 1. The molecule has 0 atom stereocenters. The van der Waals surface area contributed by atoms with Crippen molar-refractivity contribution in [1.82, 2.24) is 9.97 Å². The van der Waals surface area contributed by atoms with Crippen LogP contribution in [0.25, 0.3) is 21.7 Å². The number of hydrogen-bond acceptors (Lipinski definition) is 4. The summed E-state index contributed by atoms with van der Waals surface area (Å²) < 4.78 is 5.57. The van der Waals surface area contributed by atoms with Gasteiger partial charge < -0.3 is 15.0 Å². The van der Waals surface area contributed by atoms with Crippen LogP contribution in [-0.4, -0.2) is 22.5 Å². The van der Waals surface area contributed by atoms with Gasteiger partial charge in [0.15, 0.2) is 6.61 Å². The molecule has 0 radical (unpaired) electrons. The van der Waals surface area contributed by atoms with Crippen LogP contribution in [0.1, 0.15) is 0 Å². The molecule has 1 amide bonds. The largest absolute Gasteiger partial charge is 0.484 e. The van der Waals surface area contributed by atoms with Gasteiger partial charge in [-0.25, -0.2) is 4.98 Å². The molecule has 4 aromatic rings. The van der Waals surface area contributed by atoms with E-state index in [4.69, 9.17) is 4.74 Å². The van der Waals surface area contributed by atoms with Crippen LogP contribution in [0.5, 0.6) is 5.75 Å². The summed E-state index contributed by atoms with van der Waals surface area (Å²) in [5, 5.41) is 5.30. The number of benzene rings is 3. The molecule has 0 aliphatic heterocycles. The summed E-state index contributed by atoms with van der Waals surface area (Å²) in [6.45, 7) is -0.125. The van der Waals surface area contributed by atoms with E-state index in [1.54, 1.807) is 18.2 Å². The van der Waals surface area contributed by atoms with Crippen LogP contribution >= 0.6 is 0 Å². The highest BCUT2D eigenvalue weighted by Gasteiger charge is 2.07. The van der Waals surface area contributed by atoms with Crippen molar-refractivity contribution in [2.24, 2.45) is 0 Å². The van der Waals surface area contributed by atoms with E-state index in [0.29, 0.717) is 22.3 Å². The predicted octanol–water partition coefficient (Wildman–Crippen LogP) is 3.09. The Morgan fingerprint density at radius 3 is 2.77 bits per heavy atom. The zero-order valence-electron chi connectivity index (χ0n) is 13.7. The molecule has 1 heterocycles. The summed E-state index contributed by atoms with van der Waals surface area (Å²) in [5.41, 5.74) is 0.834. The Kier molecular flexibility index (Phi) is 4.07. The quantitative estimate of drug-likeness (QED) is 0.595. The van der Waals surface area contributed by atoms with Gasteiger partial charge in [0.1, 0.15) is 5.75 Å². The number of nitrogens with one attached hydrogen (secondary N) is 2. The van der Waals surface area contributed by atoms with Gasteiger partial charge in [0.05, 0.1) is 17.2 Å². The molecule has 0 bridgehead atoms. The Bertz CT molecular complexity index is 1170. The summed E-state index contributed by atoms with van der Waals surface area (Å²) in [7, 11) is 0. The fourth-order valence-corrected chi connectivity index (χ4v) is 2.75. The van der Waals surface area contributed by atoms with Crippen LogP contribution in [-0.2, 0) is 4.79 Å². The van der Waals surface area contributed by atoms with Crippen LogP contribution in [0.3, 0.4) is 0 Å². The maximum absolute atomic E-state index is 12.1. The first-order valence-corrected chi connectivity index (χ1v) is 8.08. The second kappa shape index (κ2) is 6.68. The number of rotatable bonds is 4. The van der Waals surface area contributed by atoms with Crippen molar-refractivity contribution in [3.8, 4) is 5.75 Å². The molecule has 6 heteroatoms. The van der Waals surface area contributed by atoms with E-state index < -0.39 is 0 Å². The van der Waals surface area contributed by atoms with Crippen LogP contribution < -0.4 is 15.6 Å². The summed E-state index contributed by atoms with van der Waals surface area (Å²) in [4.78, 5) is 30.5. The second-order valence-corrected chi connectivity index (χ2v) is 5.81. The molecule has 2 N–H and O–H groups in total. The number of carbonyl (C=O) groups excluding carboxylic acids is 1. The molecule has 6 nitrogen and oxygen atoms in total. The molecule has 3 aromatic carbocycles. The highest BCUT2D eigenvalue weighted by atomic mass is 16.5. The molecule has 0 saturated heterocycles. The van der Waals surface area contributed by atoms with Crippen molar-refractivity contribution in [2.75, 3.05) is 11.9 Å². The predicted molar refractivity (Wildman–Crippen MR) is 100 cm³/mol. The van der Waals surface area contributed by atoms with Crippen LogP contribution in [0, 0.1) is 0 Å². The zero-order valence-corrected chi connectivity index (χ0v) is 13.7. The minimum atomic E-state index is -0.308. The third kappa shape index (κ3) is 3.25. The number of nitrogens with zero attached hydrogens (tertiary/aromatic N) is 1. The molecule has 0 spiro atoms. The van der Waals surface area contributed by atoms with Gasteiger partial charge in [-0.2, -0.15) is 0 Å². The Labute approximate surface area is 148 Å². The first-order chi connectivity index (χ1) is 12.7. The fraction of sp³-hybridized carbons (Fsp3) is 0.0500. The molecule has 1 aromatic heterocycles. The highest BCUT2D eigenvalue weighted by molar-refractivity contribution is 5.94. The van der Waals surface area contributed by atoms with Gasteiger partial charge in [0.25, 0.3) is 11.5 Å². The first kappa shape index (κ1) is 15.8. The zero-order chi connectivity index (χ0) is 17.9. The lowest BCUT2D eigenvalue weighted by atomic mass is 10.1. The van der Waals surface area contributed by atoms with E-state index in [1.807, 2.05) is 42.5 Å². The average molecular weight is 345 g/mol. The smallest absolute Gasteiger partial charge is 0.262 e. The molecule has 0 aliphatic rings. The minimum Gasteiger partial charge on any atom is -0.484 e. The Balaban J connectivity index is 1.45. The van der Waals surface area contributed by atoms with Gasteiger partial charge in [0.2, 0.25) is 0 Å². The van der Waals surface area contributed by atoms with Crippen molar-refractivity contribution in [3.05, 3.63) is 77.3 Å². The van der Waals surface area contributed by atoms with Gasteiger partial charge in [0, 0.05) is 5.69 Å². The molecule has 0 fully saturated rings. The molecule has 26 heavy (non-hydrogen) atoms. The highest BCUT2D eigenvalue weighted by Crippen LogP contribution is 2.20. The minimum absolute atomic E-state index is 0.125. The standard InChI is InChI=1S/C20H15N3O3/c24-19(11-26-16-7-5-13-3-1-2-4-14(13)9-16)23-15-6-8-18-17(10-15)20(25)22-12-21-18/h1-10,12H,11H2,(H,23,24)(H,21,22,25). The number of amides is 1. The molecule has 0 aliphatic carbocycles. The number of carbonyl (C=O) groups is 1. The van der Waals surface area contributed by atoms with Crippen LogP contribution in [0.4, 0.5) is 5.69 Å². The van der Waals surface area contributed by atoms with Gasteiger partial charge >= 0.3 is 0 Å². The van der Waals surface area contributed by atoms with Crippen molar-refractivity contribution in [3.63, 3.8) is 0 Å². The molecule has 4 rings (SSSR count). The van der Waals surface area contributed by atoms with Crippen molar-refractivity contribution < 1.29 is 9.53 Å². The Morgan fingerprint density at radius 1 is 1.04 bits per heavy atom. The van der Waals surface area contributed by atoms with E-state index in [9.17, 15) is 9.59 Å². The van der Waals surface area contributed by atoms with Crippen LogP contribution in [0.15, 0.2) is 71.8 Å². The molecular formula is C20H15N3O3. The number of ether oxygens (including phenoxy) is 1. The number of aromatic nitrogens is 2. The summed E-state index contributed by atoms with van der Waals surface area (Å²) >= 11 is 0. The summed E-state index contributed by atoms with van der Waals surface area (Å²) in [6, 6.07) is 18.6. The van der Waals surface area contributed by atoms with E-state index in [-0.39, 0.29) is 18.1 Å². The van der Waals surface area contributed by atoms with Gasteiger partial charge in [-0.3, -0.25) is 9.59 Å². The lowest BCUT2D eigenvalue weighted by molar-refractivity contribution is -0.118. The number of hydrogen-bond donors (Lipinski definition) is 2. The lowest BCUT2D eigenvalue weighted by Crippen LogP contribution is -2.20. The maximum Gasteiger partial charge on any atom is 0.262 e. The Hall–Kier alpha value is -3.67. The van der Waals surface area contributed by atoms with Gasteiger partial charge in [-0.1, -0.05) is 30.3 Å². The van der Waals surface area contributed by atoms with E-state index >= 15 is 0 Å². The molecular weight excluding hydrogens is 330 g/mol. The SMILES string of the molecule is O=C(COc1ccc2ccccc2c1)Nc1ccc2nc[nH]c(=O)c2c1. The third-order valence-corrected chi connectivity index (χ3v) is 4.02. The van der Waals surface area contributed by atoms with Gasteiger partial charge in [-0.05, 0) is 41.1 Å². The molecule has 128 valence electrons. The van der Waals surface area contributed by atoms with Crippen molar-refractivity contribution in [1.29, 1.82) is 0 Å². The average Bonchev–Trinajstić information content (AvgIpc) is 2.67. The normalized spacial score (nSPS) is 10.8. The van der Waals surface area contributed by atoms with Crippen molar-refractivity contribution in [2.45, 2.75) is 0 Å². The first-order valence-electron chi connectivity index (χ1n) is 8.08. The maximum atomic E-state index is 12.1. The number of fused-ring (bicyclic) bond motifs is 2. The number of anilines is 1. The Morgan fingerprint density at radius 2 is 1.88 bits per heavy atom. The summed E-state index contributed by atoms with van der Waals surface area (Å²) in [5.74, 6) is 0.316. The molecule has 0 unspecified atom stereocenters. The monoisotopic (exact) mass is 345 g/mol. The second-order valence-electron chi connectivity index (χ2n) is 5.81. The van der Waals surface area contributed by atoms with E-state index in [2.05, 4.69) is 15.3 Å². The lowest BCUT2D eigenvalue weighted by Gasteiger charge is -2.09. The third-order valence-electron chi connectivity index (χ3n) is 4.02. The van der Waals surface area contributed by atoms with E-state index in [1.165, 1.54) is 6.33 Å². The fourth-order valence-electron chi connectivity index (χ4n) is 2.75. The summed E-state index contributed by atoms with van der Waals surface area (Å²) in [6.07, 6.45) is 1.35. The van der Waals surface area contributed by atoms with Crippen LogP contribution in [0.2, 0.25) is 0 Å².